The minimum Gasteiger partial charge on any atom is -0.457 e. The highest BCUT2D eigenvalue weighted by Gasteiger charge is 2.11. The van der Waals surface area contributed by atoms with Crippen LogP contribution in [-0.4, -0.2) is 6.54 Å². The highest BCUT2D eigenvalue weighted by atomic mass is 19.1. The first kappa shape index (κ1) is 14.5. The van der Waals surface area contributed by atoms with Crippen molar-refractivity contribution < 1.29 is 9.13 Å². The first-order valence-electron chi connectivity index (χ1n) is 6.85. The number of rotatable bonds is 5. The first-order chi connectivity index (χ1) is 9.63. The molecule has 0 bridgehead atoms. The van der Waals surface area contributed by atoms with Gasteiger partial charge in [-0.15, -0.1) is 0 Å². The molecule has 2 nitrogen and oxygen atoms in total. The summed E-state index contributed by atoms with van der Waals surface area (Å²) < 4.78 is 19.9. The number of halogens is 1. The quantitative estimate of drug-likeness (QED) is 0.874. The van der Waals surface area contributed by atoms with E-state index in [1.807, 2.05) is 39.0 Å². The van der Waals surface area contributed by atoms with Gasteiger partial charge >= 0.3 is 0 Å². The predicted octanol–water partition coefficient (Wildman–Crippen LogP) is 4.34. The zero-order valence-corrected chi connectivity index (χ0v) is 12.2. The monoisotopic (exact) mass is 273 g/mol. The van der Waals surface area contributed by atoms with Crippen LogP contribution in [0.2, 0.25) is 0 Å². The van der Waals surface area contributed by atoms with Gasteiger partial charge in [-0.1, -0.05) is 25.1 Å². The molecule has 0 heterocycles. The minimum atomic E-state index is -0.242. The van der Waals surface area contributed by atoms with E-state index in [9.17, 15) is 4.39 Å². The maximum atomic E-state index is 13.9. The minimum absolute atomic E-state index is 0.242. The van der Waals surface area contributed by atoms with Crippen LogP contribution in [0.15, 0.2) is 36.4 Å². The van der Waals surface area contributed by atoms with Gasteiger partial charge in [0.05, 0.1) is 0 Å². The van der Waals surface area contributed by atoms with Gasteiger partial charge in [0.15, 0.2) is 0 Å². The second-order valence-electron chi connectivity index (χ2n) is 4.80. The molecule has 0 fully saturated rings. The molecule has 3 heteroatoms. The number of ether oxygens (including phenoxy) is 1. The molecule has 0 atom stereocenters. The molecule has 2 aromatic carbocycles. The Kier molecular flexibility index (Phi) is 4.74. The van der Waals surface area contributed by atoms with Gasteiger partial charge in [0.2, 0.25) is 0 Å². The van der Waals surface area contributed by atoms with Crippen LogP contribution in [0.1, 0.15) is 23.6 Å². The molecule has 0 aromatic heterocycles. The van der Waals surface area contributed by atoms with E-state index in [0.717, 1.165) is 23.4 Å². The summed E-state index contributed by atoms with van der Waals surface area (Å²) >= 11 is 0. The average molecular weight is 273 g/mol. The summed E-state index contributed by atoms with van der Waals surface area (Å²) in [6.07, 6.45) is 0. The summed E-state index contributed by atoms with van der Waals surface area (Å²) in [6.45, 7) is 7.29. The van der Waals surface area contributed by atoms with Gasteiger partial charge < -0.3 is 10.1 Å². The molecule has 0 saturated carbocycles. The third kappa shape index (κ3) is 3.17. The lowest BCUT2D eigenvalue weighted by atomic mass is 10.1. The van der Waals surface area contributed by atoms with Crippen LogP contribution < -0.4 is 10.1 Å². The molecule has 1 N–H and O–H groups in total. The third-order valence-corrected chi connectivity index (χ3v) is 3.40. The van der Waals surface area contributed by atoms with Crippen LogP contribution in [0.25, 0.3) is 0 Å². The van der Waals surface area contributed by atoms with Crippen LogP contribution in [0.3, 0.4) is 0 Å². The Hall–Kier alpha value is -1.87. The molecular formula is C17H20FNO. The molecule has 0 aliphatic rings. The molecule has 0 radical (unpaired) electrons. The number of hydrogen-bond acceptors (Lipinski definition) is 2. The second kappa shape index (κ2) is 6.53. The van der Waals surface area contributed by atoms with E-state index >= 15 is 0 Å². The van der Waals surface area contributed by atoms with Crippen molar-refractivity contribution in [2.24, 2.45) is 0 Å². The number of benzene rings is 2. The Bertz CT molecular complexity index is 596. The standard InChI is InChI=1S/C17H20FNO/c1-4-19-11-14-15(18)8-6-10-17(14)20-16-9-5-7-12(2)13(16)3/h5-10,19H,4,11H2,1-3H3. The smallest absolute Gasteiger partial charge is 0.134 e. The lowest BCUT2D eigenvalue weighted by molar-refractivity contribution is 0.459. The van der Waals surface area contributed by atoms with Crippen molar-refractivity contribution in [3.8, 4) is 11.5 Å². The van der Waals surface area contributed by atoms with E-state index in [4.69, 9.17) is 4.74 Å². The number of nitrogens with one attached hydrogen (secondary N) is 1. The van der Waals surface area contributed by atoms with E-state index < -0.39 is 0 Å². The highest BCUT2D eigenvalue weighted by molar-refractivity contribution is 5.44. The molecule has 0 unspecified atom stereocenters. The Morgan fingerprint density at radius 2 is 1.75 bits per heavy atom. The molecule has 20 heavy (non-hydrogen) atoms. The van der Waals surface area contributed by atoms with Gasteiger partial charge in [-0.2, -0.15) is 0 Å². The number of aryl methyl sites for hydroxylation is 1. The fourth-order valence-electron chi connectivity index (χ4n) is 2.01. The van der Waals surface area contributed by atoms with Crippen LogP contribution in [0.5, 0.6) is 11.5 Å². The fourth-order valence-corrected chi connectivity index (χ4v) is 2.01. The summed E-state index contributed by atoms with van der Waals surface area (Å²) in [5, 5.41) is 3.14. The van der Waals surface area contributed by atoms with Crippen molar-refractivity contribution in [1.29, 1.82) is 0 Å². The van der Waals surface area contributed by atoms with Crippen molar-refractivity contribution in [3.63, 3.8) is 0 Å². The van der Waals surface area contributed by atoms with E-state index in [1.54, 1.807) is 12.1 Å². The molecule has 0 saturated heterocycles. The Balaban J connectivity index is 2.33. The highest BCUT2D eigenvalue weighted by Crippen LogP contribution is 2.30. The summed E-state index contributed by atoms with van der Waals surface area (Å²) in [5.74, 6) is 1.10. The van der Waals surface area contributed by atoms with E-state index in [-0.39, 0.29) is 5.82 Å². The van der Waals surface area contributed by atoms with Crippen LogP contribution in [0.4, 0.5) is 4.39 Å². The van der Waals surface area contributed by atoms with Gasteiger partial charge in [-0.25, -0.2) is 4.39 Å². The van der Waals surface area contributed by atoms with Crippen molar-refractivity contribution >= 4 is 0 Å². The zero-order chi connectivity index (χ0) is 14.5. The molecule has 2 aromatic rings. The van der Waals surface area contributed by atoms with Gasteiger partial charge in [0.25, 0.3) is 0 Å². The molecule has 2 rings (SSSR count). The zero-order valence-electron chi connectivity index (χ0n) is 12.2. The largest absolute Gasteiger partial charge is 0.457 e. The maximum absolute atomic E-state index is 13.9. The molecule has 0 spiro atoms. The molecular weight excluding hydrogens is 253 g/mol. The first-order valence-corrected chi connectivity index (χ1v) is 6.85. The summed E-state index contributed by atoms with van der Waals surface area (Å²) in [5.41, 5.74) is 2.80. The summed E-state index contributed by atoms with van der Waals surface area (Å²) in [4.78, 5) is 0. The van der Waals surface area contributed by atoms with Crippen LogP contribution >= 0.6 is 0 Å². The van der Waals surface area contributed by atoms with Gasteiger partial charge in [-0.3, -0.25) is 0 Å². The Morgan fingerprint density at radius 3 is 2.50 bits per heavy atom. The van der Waals surface area contributed by atoms with E-state index in [1.165, 1.54) is 6.07 Å². The predicted molar refractivity (Wildman–Crippen MR) is 79.8 cm³/mol. The second-order valence-corrected chi connectivity index (χ2v) is 4.80. The van der Waals surface area contributed by atoms with Crippen LogP contribution in [0, 0.1) is 19.7 Å². The van der Waals surface area contributed by atoms with Gasteiger partial charge in [-0.05, 0) is 49.7 Å². The van der Waals surface area contributed by atoms with Crippen molar-refractivity contribution in [1.82, 2.24) is 5.32 Å². The van der Waals surface area contributed by atoms with E-state index in [2.05, 4.69) is 5.32 Å². The molecule has 0 aliphatic carbocycles. The lowest BCUT2D eigenvalue weighted by Gasteiger charge is -2.14. The fraction of sp³-hybridized carbons (Fsp3) is 0.294. The molecule has 106 valence electrons. The Morgan fingerprint density at radius 1 is 1.05 bits per heavy atom. The molecule has 0 amide bonds. The van der Waals surface area contributed by atoms with Crippen molar-refractivity contribution in [2.45, 2.75) is 27.3 Å². The lowest BCUT2D eigenvalue weighted by Crippen LogP contribution is -2.13. The normalized spacial score (nSPS) is 10.6. The summed E-state index contributed by atoms with van der Waals surface area (Å²) in [6, 6.07) is 10.8. The van der Waals surface area contributed by atoms with Crippen molar-refractivity contribution in [2.75, 3.05) is 6.54 Å². The topological polar surface area (TPSA) is 21.3 Å². The van der Waals surface area contributed by atoms with Gasteiger partial charge in [0.1, 0.15) is 17.3 Å². The molecule has 0 aliphatic heterocycles. The summed E-state index contributed by atoms with van der Waals surface area (Å²) in [7, 11) is 0. The Labute approximate surface area is 119 Å². The maximum Gasteiger partial charge on any atom is 0.134 e. The van der Waals surface area contributed by atoms with Crippen molar-refractivity contribution in [3.05, 3.63) is 58.9 Å². The SMILES string of the molecule is CCNCc1c(F)cccc1Oc1cccc(C)c1C. The van der Waals surface area contributed by atoms with E-state index in [0.29, 0.717) is 17.9 Å². The average Bonchev–Trinajstić information content (AvgIpc) is 2.43. The van der Waals surface area contributed by atoms with Gasteiger partial charge in [0, 0.05) is 12.1 Å². The third-order valence-electron chi connectivity index (χ3n) is 3.40. The number of hydrogen-bond donors (Lipinski definition) is 1. The van der Waals surface area contributed by atoms with Crippen LogP contribution in [-0.2, 0) is 6.54 Å².